The molecule has 0 aromatic carbocycles. The lowest BCUT2D eigenvalue weighted by Gasteiger charge is -2.28. The van der Waals surface area contributed by atoms with Crippen molar-refractivity contribution in [1.29, 1.82) is 0 Å². The van der Waals surface area contributed by atoms with Crippen LogP contribution in [0.3, 0.4) is 0 Å². The molecular formula is C8H20N2O2. The van der Waals surface area contributed by atoms with E-state index in [0.717, 1.165) is 13.1 Å². The van der Waals surface area contributed by atoms with Crippen LogP contribution in [0.15, 0.2) is 0 Å². The third-order valence-corrected chi connectivity index (χ3v) is 1.92. The Bertz CT molecular complexity index is 105. The number of nitrogens with zero attached hydrogens (tertiary/aromatic N) is 1. The third-order valence-electron chi connectivity index (χ3n) is 1.92. The Hall–Kier alpha value is -0.160. The van der Waals surface area contributed by atoms with E-state index >= 15 is 0 Å². The van der Waals surface area contributed by atoms with Gasteiger partial charge in [0.2, 0.25) is 0 Å². The maximum Gasteiger partial charge on any atom is 0.134 e. The van der Waals surface area contributed by atoms with E-state index in [1.54, 1.807) is 6.92 Å². The number of aliphatic hydroxyl groups excluding tert-OH is 1. The molecule has 4 heteroatoms. The molecule has 0 bridgehead atoms. The van der Waals surface area contributed by atoms with E-state index in [0.29, 0.717) is 6.42 Å². The van der Waals surface area contributed by atoms with Gasteiger partial charge in [-0.05, 0) is 20.0 Å². The largest absolute Gasteiger partial charge is 0.393 e. The Balaban J connectivity index is 3.92. The molecule has 0 aromatic rings. The molecule has 2 atom stereocenters. The zero-order chi connectivity index (χ0) is 9.56. The molecule has 0 aliphatic rings. The van der Waals surface area contributed by atoms with Gasteiger partial charge in [0.25, 0.3) is 0 Å². The van der Waals surface area contributed by atoms with Gasteiger partial charge in [0.1, 0.15) is 6.23 Å². The van der Waals surface area contributed by atoms with E-state index in [4.69, 9.17) is 15.8 Å². The summed E-state index contributed by atoms with van der Waals surface area (Å²) in [5.74, 6) is 5.12. The van der Waals surface area contributed by atoms with Crippen LogP contribution in [0.25, 0.3) is 0 Å². The molecule has 12 heavy (non-hydrogen) atoms. The van der Waals surface area contributed by atoms with E-state index in [1.165, 1.54) is 0 Å². The normalized spacial score (nSPS) is 16.5. The summed E-state index contributed by atoms with van der Waals surface area (Å²) in [4.78, 5) is 6.83. The Morgan fingerprint density at radius 3 is 2.17 bits per heavy atom. The van der Waals surface area contributed by atoms with Crippen molar-refractivity contribution < 1.29 is 9.94 Å². The van der Waals surface area contributed by atoms with Gasteiger partial charge in [-0.3, -0.25) is 9.74 Å². The van der Waals surface area contributed by atoms with Gasteiger partial charge in [-0.2, -0.15) is 0 Å². The van der Waals surface area contributed by atoms with Gasteiger partial charge in [-0.25, -0.2) is 5.90 Å². The lowest BCUT2D eigenvalue weighted by atomic mass is 10.2. The van der Waals surface area contributed by atoms with Gasteiger partial charge in [-0.15, -0.1) is 0 Å². The minimum absolute atomic E-state index is 0.167. The molecule has 0 saturated heterocycles. The highest BCUT2D eigenvalue weighted by Crippen LogP contribution is 2.06. The summed E-state index contributed by atoms with van der Waals surface area (Å²) in [5.41, 5.74) is 0. The zero-order valence-corrected chi connectivity index (χ0v) is 8.16. The van der Waals surface area contributed by atoms with Crippen LogP contribution >= 0.6 is 0 Å². The average Bonchev–Trinajstić information content (AvgIpc) is 2.04. The Morgan fingerprint density at radius 2 is 1.92 bits per heavy atom. The molecule has 0 fully saturated rings. The molecule has 0 saturated carbocycles. The maximum absolute atomic E-state index is 9.13. The smallest absolute Gasteiger partial charge is 0.134 e. The molecule has 74 valence electrons. The summed E-state index contributed by atoms with van der Waals surface area (Å²) >= 11 is 0. The minimum Gasteiger partial charge on any atom is -0.393 e. The molecular weight excluding hydrogens is 156 g/mol. The van der Waals surface area contributed by atoms with Crippen LogP contribution in [0.2, 0.25) is 0 Å². The number of rotatable bonds is 6. The zero-order valence-electron chi connectivity index (χ0n) is 8.16. The molecule has 3 N–H and O–H groups in total. The second kappa shape index (κ2) is 6.37. The number of hydrogen-bond donors (Lipinski definition) is 2. The van der Waals surface area contributed by atoms with Crippen molar-refractivity contribution in [2.75, 3.05) is 13.1 Å². The van der Waals surface area contributed by atoms with Crippen molar-refractivity contribution in [1.82, 2.24) is 4.90 Å². The summed E-state index contributed by atoms with van der Waals surface area (Å²) < 4.78 is 0. The van der Waals surface area contributed by atoms with Crippen molar-refractivity contribution in [3.63, 3.8) is 0 Å². The Morgan fingerprint density at radius 1 is 1.42 bits per heavy atom. The molecule has 0 aromatic heterocycles. The van der Waals surface area contributed by atoms with E-state index in [9.17, 15) is 0 Å². The van der Waals surface area contributed by atoms with Crippen LogP contribution in [-0.2, 0) is 4.84 Å². The first-order valence-corrected chi connectivity index (χ1v) is 4.43. The van der Waals surface area contributed by atoms with Crippen LogP contribution in [0.1, 0.15) is 27.2 Å². The van der Waals surface area contributed by atoms with E-state index in [2.05, 4.69) is 4.90 Å². The summed E-state index contributed by atoms with van der Waals surface area (Å²) in [6.45, 7) is 7.57. The Labute approximate surface area is 74.3 Å². The molecule has 2 unspecified atom stereocenters. The molecule has 0 radical (unpaired) electrons. The highest BCUT2D eigenvalue weighted by molar-refractivity contribution is 4.62. The molecule has 4 nitrogen and oxygen atoms in total. The standard InChI is InChI=1S/C8H20N2O2/c1-4-10(5-2)8(12-9)6-7(3)11/h7-8,11H,4-6,9H2,1-3H3. The van der Waals surface area contributed by atoms with Crippen molar-refractivity contribution in [2.45, 2.75) is 39.5 Å². The fourth-order valence-electron chi connectivity index (χ4n) is 1.21. The third kappa shape index (κ3) is 4.01. The minimum atomic E-state index is -0.376. The summed E-state index contributed by atoms with van der Waals surface area (Å²) in [6.07, 6.45) is 0.0113. The quantitative estimate of drug-likeness (QED) is 0.452. The topological polar surface area (TPSA) is 58.7 Å². The SMILES string of the molecule is CCN(CC)C(CC(C)O)ON. The average molecular weight is 176 g/mol. The number of hydrogen-bond acceptors (Lipinski definition) is 4. The van der Waals surface area contributed by atoms with Gasteiger partial charge < -0.3 is 5.11 Å². The lowest BCUT2D eigenvalue weighted by Crippen LogP contribution is -2.40. The predicted octanol–water partition coefficient (Wildman–Crippen LogP) is 0.316. The second-order valence-electron chi connectivity index (χ2n) is 2.90. The highest BCUT2D eigenvalue weighted by atomic mass is 16.6. The van der Waals surface area contributed by atoms with Crippen LogP contribution in [0, 0.1) is 0 Å². The molecule has 0 aliphatic carbocycles. The van der Waals surface area contributed by atoms with Crippen molar-refractivity contribution in [3.8, 4) is 0 Å². The second-order valence-corrected chi connectivity index (χ2v) is 2.90. The van der Waals surface area contributed by atoms with Gasteiger partial charge in [0.15, 0.2) is 0 Å². The summed E-state index contributed by atoms with van der Waals surface area (Å²) in [6, 6.07) is 0. The first-order chi connectivity index (χ1) is 5.65. The lowest BCUT2D eigenvalue weighted by molar-refractivity contribution is -0.0789. The van der Waals surface area contributed by atoms with Crippen molar-refractivity contribution >= 4 is 0 Å². The first kappa shape index (κ1) is 11.8. The van der Waals surface area contributed by atoms with Crippen LogP contribution in [0.4, 0.5) is 0 Å². The van der Waals surface area contributed by atoms with Gasteiger partial charge in [-0.1, -0.05) is 13.8 Å². The van der Waals surface area contributed by atoms with Crippen molar-refractivity contribution in [2.24, 2.45) is 5.90 Å². The monoisotopic (exact) mass is 176 g/mol. The van der Waals surface area contributed by atoms with E-state index < -0.39 is 0 Å². The van der Waals surface area contributed by atoms with Gasteiger partial charge in [0, 0.05) is 6.42 Å². The molecule has 0 rings (SSSR count). The van der Waals surface area contributed by atoms with E-state index in [-0.39, 0.29) is 12.3 Å². The van der Waals surface area contributed by atoms with E-state index in [1.807, 2.05) is 13.8 Å². The van der Waals surface area contributed by atoms with Crippen molar-refractivity contribution in [3.05, 3.63) is 0 Å². The summed E-state index contributed by atoms with van der Waals surface area (Å²) in [7, 11) is 0. The highest BCUT2D eigenvalue weighted by Gasteiger charge is 2.17. The van der Waals surface area contributed by atoms with Gasteiger partial charge >= 0.3 is 0 Å². The maximum atomic E-state index is 9.13. The molecule has 0 amide bonds. The summed E-state index contributed by atoms with van der Waals surface area (Å²) in [5, 5.41) is 9.13. The fraction of sp³-hybridized carbons (Fsp3) is 1.00. The number of nitrogens with two attached hydrogens (primary N) is 1. The van der Waals surface area contributed by atoms with Gasteiger partial charge in [0.05, 0.1) is 6.10 Å². The fourth-order valence-corrected chi connectivity index (χ4v) is 1.21. The van der Waals surface area contributed by atoms with Crippen LogP contribution in [0.5, 0.6) is 0 Å². The Kier molecular flexibility index (Phi) is 6.28. The molecule has 0 spiro atoms. The predicted molar refractivity (Wildman–Crippen MR) is 48.3 cm³/mol. The molecule has 0 heterocycles. The number of aliphatic hydroxyl groups is 1. The molecule has 0 aliphatic heterocycles. The first-order valence-electron chi connectivity index (χ1n) is 4.43. The van der Waals surface area contributed by atoms with Crippen LogP contribution in [-0.4, -0.2) is 35.4 Å². The van der Waals surface area contributed by atoms with Crippen LogP contribution < -0.4 is 5.90 Å².